The minimum Gasteiger partial charge on any atom is -0.309 e. The molecule has 2 aromatic carbocycles. The van der Waals surface area contributed by atoms with Gasteiger partial charge in [-0.25, -0.2) is 0 Å². The van der Waals surface area contributed by atoms with Crippen LogP contribution in [0.25, 0.3) is 11.1 Å². The molecule has 0 bridgehead atoms. The molecular weight excluding hydrogens is 330 g/mol. The first kappa shape index (κ1) is 19.7. The van der Waals surface area contributed by atoms with Gasteiger partial charge in [0, 0.05) is 17.6 Å². The zero-order chi connectivity index (χ0) is 19.4. The Morgan fingerprint density at radius 2 is 1.67 bits per heavy atom. The van der Waals surface area contributed by atoms with Crippen LogP contribution in [0.5, 0.6) is 0 Å². The number of carbonyl (C=O) groups is 1. The van der Waals surface area contributed by atoms with E-state index in [0.717, 1.165) is 30.9 Å². The summed E-state index contributed by atoms with van der Waals surface area (Å²) in [5.41, 5.74) is 4.72. The molecule has 1 saturated carbocycles. The lowest BCUT2D eigenvalue weighted by Gasteiger charge is -2.35. The lowest BCUT2D eigenvalue weighted by molar-refractivity contribution is -0.123. The van der Waals surface area contributed by atoms with Gasteiger partial charge in [0.1, 0.15) is 0 Å². The van der Waals surface area contributed by atoms with E-state index in [1.54, 1.807) is 0 Å². The summed E-state index contributed by atoms with van der Waals surface area (Å²) in [5, 5.41) is 0. The van der Waals surface area contributed by atoms with Crippen LogP contribution in [-0.2, 0) is 11.2 Å². The third kappa shape index (κ3) is 4.43. The Bertz CT molecular complexity index is 757. The third-order valence-electron chi connectivity index (χ3n) is 5.95. The fourth-order valence-corrected chi connectivity index (χ4v) is 4.25. The molecule has 1 amide bonds. The van der Waals surface area contributed by atoms with Gasteiger partial charge in [0.15, 0.2) is 0 Å². The number of carbonyl (C=O) groups excluding carboxylic acids is 1. The maximum absolute atomic E-state index is 13.5. The second kappa shape index (κ2) is 8.73. The molecule has 0 saturated heterocycles. The Morgan fingerprint density at radius 1 is 1.00 bits per heavy atom. The minimum absolute atomic E-state index is 0.160. The molecule has 2 heteroatoms. The van der Waals surface area contributed by atoms with Crippen LogP contribution >= 0.6 is 0 Å². The average Bonchev–Trinajstić information content (AvgIpc) is 2.69. The Balaban J connectivity index is 1.97. The van der Waals surface area contributed by atoms with Crippen LogP contribution in [0, 0.1) is 11.8 Å². The van der Waals surface area contributed by atoms with Crippen LogP contribution in [0.3, 0.4) is 0 Å². The Morgan fingerprint density at radius 3 is 2.26 bits per heavy atom. The van der Waals surface area contributed by atoms with E-state index in [1.165, 1.54) is 29.5 Å². The van der Waals surface area contributed by atoms with Crippen molar-refractivity contribution in [2.45, 2.75) is 65.8 Å². The summed E-state index contributed by atoms with van der Waals surface area (Å²) >= 11 is 0. The van der Waals surface area contributed by atoms with Crippen molar-refractivity contribution in [1.82, 2.24) is 0 Å². The highest BCUT2D eigenvalue weighted by Gasteiger charge is 2.31. The van der Waals surface area contributed by atoms with Crippen molar-refractivity contribution < 1.29 is 4.79 Å². The van der Waals surface area contributed by atoms with Gasteiger partial charge in [0.05, 0.1) is 0 Å². The fourth-order valence-electron chi connectivity index (χ4n) is 4.25. The van der Waals surface area contributed by atoms with E-state index in [2.05, 4.69) is 75.1 Å². The van der Waals surface area contributed by atoms with Gasteiger partial charge in [0.2, 0.25) is 5.91 Å². The minimum atomic E-state index is 0.160. The molecule has 0 aliphatic heterocycles. The fraction of sp³-hybridized carbons (Fsp3) is 0.480. The first-order valence-electron chi connectivity index (χ1n) is 10.5. The highest BCUT2D eigenvalue weighted by atomic mass is 16.2. The number of rotatable bonds is 5. The smallest absolute Gasteiger partial charge is 0.230 e. The first-order chi connectivity index (χ1) is 13.0. The van der Waals surface area contributed by atoms with E-state index in [4.69, 9.17) is 0 Å². The standard InChI is InChI=1S/C25H33NO/c1-5-20-15-16-23(21-9-7-6-8-10-21)17-24(20)26(18(2)3)25(27)22-13-11-19(4)12-14-22/h6-10,15-19,22H,5,11-14H2,1-4H3. The number of hydrogen-bond donors (Lipinski definition) is 0. The summed E-state index contributed by atoms with van der Waals surface area (Å²) in [6.45, 7) is 8.75. The van der Waals surface area contributed by atoms with Crippen LogP contribution in [-0.4, -0.2) is 11.9 Å². The molecule has 27 heavy (non-hydrogen) atoms. The number of aryl methyl sites for hydroxylation is 1. The van der Waals surface area contributed by atoms with Gasteiger partial charge in [-0.05, 0) is 74.6 Å². The molecule has 2 aromatic rings. The molecule has 0 atom stereocenters. The van der Waals surface area contributed by atoms with Crippen molar-refractivity contribution in [2.75, 3.05) is 4.90 Å². The van der Waals surface area contributed by atoms with E-state index >= 15 is 0 Å². The molecule has 0 heterocycles. The van der Waals surface area contributed by atoms with E-state index in [0.29, 0.717) is 5.91 Å². The molecule has 0 aromatic heterocycles. The van der Waals surface area contributed by atoms with Crippen LogP contribution in [0.4, 0.5) is 5.69 Å². The maximum atomic E-state index is 13.5. The van der Waals surface area contributed by atoms with Gasteiger partial charge >= 0.3 is 0 Å². The SMILES string of the molecule is CCc1ccc(-c2ccccc2)cc1N(C(=O)C1CCC(C)CC1)C(C)C. The third-order valence-corrected chi connectivity index (χ3v) is 5.95. The molecule has 1 aliphatic rings. The maximum Gasteiger partial charge on any atom is 0.230 e. The van der Waals surface area contributed by atoms with E-state index in [1.807, 2.05) is 6.07 Å². The van der Waals surface area contributed by atoms with Crippen molar-refractivity contribution in [3.63, 3.8) is 0 Å². The van der Waals surface area contributed by atoms with Gasteiger partial charge in [-0.15, -0.1) is 0 Å². The lowest BCUT2D eigenvalue weighted by atomic mass is 9.82. The molecule has 1 aliphatic carbocycles. The normalized spacial score (nSPS) is 19.9. The number of nitrogens with zero attached hydrogens (tertiary/aromatic N) is 1. The summed E-state index contributed by atoms with van der Waals surface area (Å²) in [4.78, 5) is 15.6. The van der Waals surface area contributed by atoms with Crippen LogP contribution in [0.2, 0.25) is 0 Å². The molecule has 0 radical (unpaired) electrons. The zero-order valence-electron chi connectivity index (χ0n) is 17.2. The van der Waals surface area contributed by atoms with E-state index < -0.39 is 0 Å². The van der Waals surface area contributed by atoms with E-state index in [9.17, 15) is 4.79 Å². The second-order valence-corrected chi connectivity index (χ2v) is 8.32. The number of hydrogen-bond acceptors (Lipinski definition) is 1. The molecule has 144 valence electrons. The number of amides is 1. The number of anilines is 1. The zero-order valence-corrected chi connectivity index (χ0v) is 17.2. The van der Waals surface area contributed by atoms with Crippen molar-refractivity contribution in [3.05, 3.63) is 54.1 Å². The molecule has 0 spiro atoms. The predicted molar refractivity (Wildman–Crippen MR) is 115 cm³/mol. The summed E-state index contributed by atoms with van der Waals surface area (Å²) in [6, 6.07) is 17.2. The Hall–Kier alpha value is -2.09. The lowest BCUT2D eigenvalue weighted by Crippen LogP contribution is -2.42. The second-order valence-electron chi connectivity index (χ2n) is 8.32. The van der Waals surface area contributed by atoms with Crippen LogP contribution in [0.15, 0.2) is 48.5 Å². The highest BCUT2D eigenvalue weighted by molar-refractivity contribution is 5.97. The monoisotopic (exact) mass is 363 g/mol. The number of benzene rings is 2. The summed E-state index contributed by atoms with van der Waals surface area (Å²) in [7, 11) is 0. The molecule has 0 N–H and O–H groups in total. The Kier molecular flexibility index (Phi) is 6.36. The topological polar surface area (TPSA) is 20.3 Å². The van der Waals surface area contributed by atoms with Gasteiger partial charge in [-0.2, -0.15) is 0 Å². The van der Waals surface area contributed by atoms with Crippen molar-refractivity contribution in [1.29, 1.82) is 0 Å². The van der Waals surface area contributed by atoms with Crippen LogP contribution in [0.1, 0.15) is 58.9 Å². The molecule has 2 nitrogen and oxygen atoms in total. The van der Waals surface area contributed by atoms with Crippen LogP contribution < -0.4 is 4.90 Å². The van der Waals surface area contributed by atoms with E-state index in [-0.39, 0.29) is 12.0 Å². The van der Waals surface area contributed by atoms with Gasteiger partial charge in [-0.1, -0.05) is 56.3 Å². The summed E-state index contributed by atoms with van der Waals surface area (Å²) in [6.07, 6.45) is 5.34. The highest BCUT2D eigenvalue weighted by Crippen LogP contribution is 2.35. The molecule has 1 fully saturated rings. The average molecular weight is 364 g/mol. The predicted octanol–water partition coefficient (Wildman–Crippen LogP) is 6.48. The van der Waals surface area contributed by atoms with Gasteiger partial charge in [-0.3, -0.25) is 4.79 Å². The molecule has 0 unspecified atom stereocenters. The first-order valence-corrected chi connectivity index (χ1v) is 10.5. The molecule has 3 rings (SSSR count). The van der Waals surface area contributed by atoms with Crippen molar-refractivity contribution in [3.8, 4) is 11.1 Å². The summed E-state index contributed by atoms with van der Waals surface area (Å²) < 4.78 is 0. The Labute approximate surface area is 164 Å². The largest absolute Gasteiger partial charge is 0.309 e. The molecular formula is C25H33NO. The van der Waals surface area contributed by atoms with Gasteiger partial charge < -0.3 is 4.90 Å². The van der Waals surface area contributed by atoms with Crippen molar-refractivity contribution >= 4 is 11.6 Å². The quantitative estimate of drug-likeness (QED) is 0.595. The van der Waals surface area contributed by atoms with Gasteiger partial charge in [0.25, 0.3) is 0 Å². The summed E-state index contributed by atoms with van der Waals surface area (Å²) in [5.74, 6) is 1.25. The van der Waals surface area contributed by atoms with Crippen molar-refractivity contribution in [2.24, 2.45) is 11.8 Å².